The Morgan fingerprint density at radius 3 is 2.44 bits per heavy atom. The smallest absolute Gasteiger partial charge is 0.293 e. The van der Waals surface area contributed by atoms with Crippen LogP contribution in [0.5, 0.6) is 0 Å². The number of β-amino-alcohol motifs (C(OH)–C–C–N with tert-alkyl or cyclic N) is 2. The third-order valence-corrected chi connectivity index (χ3v) is 3.64. The Labute approximate surface area is 115 Å². The number of halogens is 2. The van der Waals surface area contributed by atoms with Crippen molar-refractivity contribution in [1.29, 1.82) is 0 Å². The van der Waals surface area contributed by atoms with Gasteiger partial charge < -0.3 is 15.1 Å². The van der Waals surface area contributed by atoms with Crippen LogP contribution in [0.3, 0.4) is 0 Å². The average Bonchev–Trinajstić information content (AvgIpc) is 2.62. The molecule has 0 aliphatic carbocycles. The molecule has 0 spiro atoms. The first-order valence-corrected chi connectivity index (χ1v) is 6.22. The number of nitrogens with zero attached hydrogens (tertiary/aromatic N) is 2. The van der Waals surface area contributed by atoms with Crippen LogP contribution in [-0.2, 0) is 0 Å². The highest BCUT2D eigenvalue weighted by Gasteiger charge is 2.33. The van der Waals surface area contributed by atoms with Crippen LogP contribution in [-0.4, -0.2) is 40.4 Å². The molecular weight excluding hydrogens is 358 g/mol. The summed E-state index contributed by atoms with van der Waals surface area (Å²) < 4.78 is 13.6. The number of aliphatic hydroxyl groups excluding tert-OH is 2. The van der Waals surface area contributed by atoms with Crippen molar-refractivity contribution >= 4 is 34.0 Å². The van der Waals surface area contributed by atoms with Crippen LogP contribution >= 0.6 is 22.6 Å². The average molecular weight is 368 g/mol. The number of nitro groups is 1. The topological polar surface area (TPSA) is 86.8 Å². The molecule has 0 bridgehead atoms. The van der Waals surface area contributed by atoms with Crippen molar-refractivity contribution in [2.75, 3.05) is 18.0 Å². The molecule has 2 unspecified atom stereocenters. The van der Waals surface area contributed by atoms with Gasteiger partial charge in [0.05, 0.1) is 20.7 Å². The second-order valence-corrected chi connectivity index (χ2v) is 5.21. The van der Waals surface area contributed by atoms with Gasteiger partial charge in [-0.15, -0.1) is 0 Å². The molecule has 0 radical (unpaired) electrons. The summed E-state index contributed by atoms with van der Waals surface area (Å²) in [5.41, 5.74) is -0.157. The molecule has 1 aromatic rings. The van der Waals surface area contributed by atoms with E-state index in [2.05, 4.69) is 0 Å². The van der Waals surface area contributed by atoms with E-state index in [1.165, 1.54) is 4.90 Å². The fourth-order valence-electron chi connectivity index (χ4n) is 1.89. The Kier molecular flexibility index (Phi) is 3.69. The Hall–Kier alpha value is -1.00. The zero-order valence-electron chi connectivity index (χ0n) is 9.08. The number of benzene rings is 1. The van der Waals surface area contributed by atoms with E-state index in [0.29, 0.717) is 0 Å². The van der Waals surface area contributed by atoms with Crippen molar-refractivity contribution in [1.82, 2.24) is 0 Å². The molecule has 1 heterocycles. The lowest BCUT2D eigenvalue weighted by Gasteiger charge is -2.17. The van der Waals surface area contributed by atoms with Crippen LogP contribution < -0.4 is 4.90 Å². The summed E-state index contributed by atoms with van der Waals surface area (Å²) >= 11 is 1.67. The van der Waals surface area contributed by atoms with Gasteiger partial charge in [0.1, 0.15) is 11.5 Å². The van der Waals surface area contributed by atoms with E-state index in [1.807, 2.05) is 0 Å². The van der Waals surface area contributed by atoms with Gasteiger partial charge in [-0.2, -0.15) is 0 Å². The molecule has 8 heteroatoms. The molecule has 1 fully saturated rings. The van der Waals surface area contributed by atoms with Crippen LogP contribution in [0.1, 0.15) is 0 Å². The van der Waals surface area contributed by atoms with Crippen LogP contribution in [0.25, 0.3) is 0 Å². The summed E-state index contributed by atoms with van der Waals surface area (Å²) in [5, 5.41) is 29.8. The predicted octanol–water partition coefficient (Wildman–Crippen LogP) is 0.880. The van der Waals surface area contributed by atoms with Gasteiger partial charge in [-0.3, -0.25) is 10.1 Å². The zero-order chi connectivity index (χ0) is 13.4. The lowest BCUT2D eigenvalue weighted by atomic mass is 10.2. The highest BCUT2D eigenvalue weighted by molar-refractivity contribution is 14.1. The van der Waals surface area contributed by atoms with E-state index >= 15 is 0 Å². The van der Waals surface area contributed by atoms with Crippen LogP contribution in [0.4, 0.5) is 15.8 Å². The van der Waals surface area contributed by atoms with E-state index in [9.17, 15) is 24.7 Å². The maximum absolute atomic E-state index is 13.5. The second-order valence-electron chi connectivity index (χ2n) is 4.05. The molecule has 0 amide bonds. The van der Waals surface area contributed by atoms with E-state index in [0.717, 1.165) is 12.1 Å². The molecule has 0 saturated carbocycles. The molecule has 1 aliphatic rings. The Morgan fingerprint density at radius 1 is 1.39 bits per heavy atom. The molecule has 2 atom stereocenters. The third kappa shape index (κ3) is 2.40. The summed E-state index contributed by atoms with van der Waals surface area (Å²) in [5.74, 6) is -0.563. The predicted molar refractivity (Wildman–Crippen MR) is 70.0 cm³/mol. The number of nitro benzene ring substituents is 1. The SMILES string of the molecule is O=[N+]([O-])c1cc(I)c(F)cc1N1CC(O)C(O)C1. The molecule has 1 aliphatic heterocycles. The summed E-state index contributed by atoms with van der Waals surface area (Å²) in [6.45, 7) is 0.0874. The monoisotopic (exact) mass is 368 g/mol. The van der Waals surface area contributed by atoms with Gasteiger partial charge in [-0.1, -0.05) is 0 Å². The molecular formula is C10H10FIN2O4. The maximum atomic E-state index is 13.5. The molecule has 2 rings (SSSR count). The minimum atomic E-state index is -0.980. The van der Waals surface area contributed by atoms with E-state index < -0.39 is 22.9 Å². The lowest BCUT2D eigenvalue weighted by Crippen LogP contribution is -2.22. The van der Waals surface area contributed by atoms with Crippen molar-refractivity contribution < 1.29 is 19.5 Å². The Bertz CT molecular complexity index is 489. The first-order valence-electron chi connectivity index (χ1n) is 5.14. The number of hydrogen-bond donors (Lipinski definition) is 2. The van der Waals surface area contributed by atoms with Gasteiger partial charge in [0, 0.05) is 25.2 Å². The Morgan fingerprint density at radius 2 is 1.94 bits per heavy atom. The van der Waals surface area contributed by atoms with Crippen molar-refractivity contribution in [2.24, 2.45) is 0 Å². The van der Waals surface area contributed by atoms with Gasteiger partial charge in [-0.25, -0.2) is 4.39 Å². The number of hydrogen-bond acceptors (Lipinski definition) is 5. The molecule has 2 N–H and O–H groups in total. The van der Waals surface area contributed by atoms with Crippen molar-refractivity contribution in [3.63, 3.8) is 0 Å². The molecule has 18 heavy (non-hydrogen) atoms. The van der Waals surface area contributed by atoms with Gasteiger partial charge in [0.15, 0.2) is 0 Å². The Balaban J connectivity index is 2.43. The summed E-state index contributed by atoms with van der Waals surface area (Å²) in [6.07, 6.45) is -1.96. The molecule has 0 aromatic heterocycles. The fraction of sp³-hybridized carbons (Fsp3) is 0.400. The minimum absolute atomic E-state index is 0.0437. The molecule has 98 valence electrons. The normalized spacial score (nSPS) is 23.4. The van der Waals surface area contributed by atoms with Gasteiger partial charge >= 0.3 is 0 Å². The largest absolute Gasteiger partial charge is 0.389 e. The summed E-state index contributed by atoms with van der Waals surface area (Å²) in [4.78, 5) is 11.7. The maximum Gasteiger partial charge on any atom is 0.293 e. The minimum Gasteiger partial charge on any atom is -0.389 e. The van der Waals surface area contributed by atoms with Crippen molar-refractivity contribution in [3.05, 3.63) is 31.6 Å². The van der Waals surface area contributed by atoms with E-state index in [-0.39, 0.29) is 28.0 Å². The van der Waals surface area contributed by atoms with Gasteiger partial charge in [0.25, 0.3) is 5.69 Å². The molecule has 6 nitrogen and oxygen atoms in total. The van der Waals surface area contributed by atoms with Crippen LogP contribution in [0.15, 0.2) is 12.1 Å². The lowest BCUT2D eigenvalue weighted by molar-refractivity contribution is -0.384. The van der Waals surface area contributed by atoms with Gasteiger partial charge in [-0.05, 0) is 22.6 Å². The number of rotatable bonds is 2. The summed E-state index contributed by atoms with van der Waals surface area (Å²) in [6, 6.07) is 2.20. The standard InChI is InChI=1S/C10H10FIN2O4/c11-5-1-7(8(14(17)18)2-6(5)12)13-3-9(15)10(16)4-13/h1-2,9-10,15-16H,3-4H2. The highest BCUT2D eigenvalue weighted by atomic mass is 127. The second kappa shape index (κ2) is 4.94. The quantitative estimate of drug-likeness (QED) is 0.460. The van der Waals surface area contributed by atoms with Crippen molar-refractivity contribution in [2.45, 2.75) is 12.2 Å². The van der Waals surface area contributed by atoms with Crippen LogP contribution in [0.2, 0.25) is 0 Å². The van der Waals surface area contributed by atoms with E-state index in [1.54, 1.807) is 22.6 Å². The van der Waals surface area contributed by atoms with Crippen LogP contribution in [0, 0.1) is 19.5 Å². The molecule has 1 saturated heterocycles. The fourth-order valence-corrected chi connectivity index (χ4v) is 2.34. The third-order valence-electron chi connectivity index (χ3n) is 2.81. The van der Waals surface area contributed by atoms with E-state index in [4.69, 9.17) is 0 Å². The van der Waals surface area contributed by atoms with Gasteiger partial charge in [0.2, 0.25) is 0 Å². The number of aliphatic hydroxyl groups is 2. The zero-order valence-corrected chi connectivity index (χ0v) is 11.2. The first-order chi connectivity index (χ1) is 8.40. The summed E-state index contributed by atoms with van der Waals surface area (Å²) in [7, 11) is 0. The highest BCUT2D eigenvalue weighted by Crippen LogP contribution is 2.33. The van der Waals surface area contributed by atoms with Crippen molar-refractivity contribution in [3.8, 4) is 0 Å². The number of anilines is 1. The molecule has 1 aromatic carbocycles. The first kappa shape index (κ1) is 13.4.